The van der Waals surface area contributed by atoms with Gasteiger partial charge in [-0.1, -0.05) is 0 Å². The van der Waals surface area contributed by atoms with Crippen LogP contribution in [0.3, 0.4) is 0 Å². The van der Waals surface area contributed by atoms with E-state index in [1.165, 1.54) is 11.1 Å². The lowest BCUT2D eigenvalue weighted by molar-refractivity contribution is 0.404. The smallest absolute Gasteiger partial charge is 0.126 e. The number of hydrogen-bond donors (Lipinski definition) is 0. The van der Waals surface area contributed by atoms with Crippen molar-refractivity contribution in [1.82, 2.24) is 0 Å². The van der Waals surface area contributed by atoms with Gasteiger partial charge in [0.2, 0.25) is 0 Å². The maximum absolute atomic E-state index is 5.37. The zero-order valence-electron chi connectivity index (χ0n) is 9.61. The molecule has 1 heterocycles. The maximum atomic E-state index is 5.37. The third-order valence-electron chi connectivity index (χ3n) is 2.55. The average Bonchev–Trinajstić information content (AvgIpc) is 2.74. The lowest BCUT2D eigenvalue weighted by Gasteiger charge is -2.10. The van der Waals surface area contributed by atoms with Gasteiger partial charge in [-0.15, -0.1) is 0 Å². The molecular weight excluding hydrogens is 220 g/mol. The number of aryl methyl sites for hydroxylation is 1. The second-order valence-corrected chi connectivity index (χ2v) is 4.28. The van der Waals surface area contributed by atoms with Crippen LogP contribution in [0.4, 0.5) is 0 Å². The number of hydrogen-bond acceptors (Lipinski definition) is 3. The van der Waals surface area contributed by atoms with Crippen molar-refractivity contribution in [3.63, 3.8) is 0 Å². The van der Waals surface area contributed by atoms with E-state index in [1.807, 2.05) is 18.2 Å². The van der Waals surface area contributed by atoms with Crippen LogP contribution >= 0.6 is 11.3 Å². The van der Waals surface area contributed by atoms with Crippen molar-refractivity contribution in [2.24, 2.45) is 0 Å². The molecule has 0 fully saturated rings. The van der Waals surface area contributed by atoms with E-state index in [0.29, 0.717) is 0 Å². The van der Waals surface area contributed by atoms with Crippen LogP contribution in [0.1, 0.15) is 5.56 Å². The van der Waals surface area contributed by atoms with E-state index in [9.17, 15) is 0 Å². The summed E-state index contributed by atoms with van der Waals surface area (Å²) in [4.78, 5) is 0. The van der Waals surface area contributed by atoms with Crippen LogP contribution in [0.2, 0.25) is 0 Å². The zero-order valence-corrected chi connectivity index (χ0v) is 10.4. The fraction of sp³-hybridized carbons (Fsp3) is 0.231. The zero-order chi connectivity index (χ0) is 11.5. The first-order valence-corrected chi connectivity index (χ1v) is 5.95. The second-order valence-electron chi connectivity index (χ2n) is 3.53. The molecule has 2 aromatic rings. The molecule has 2 nitrogen and oxygen atoms in total. The molecular formula is C13H14O2S. The Morgan fingerprint density at radius 2 is 1.81 bits per heavy atom. The van der Waals surface area contributed by atoms with Crippen molar-refractivity contribution >= 4 is 11.3 Å². The number of benzene rings is 1. The SMILES string of the molecule is COc1ccc(OC)c(-c2cscc2C)c1. The molecule has 0 bridgehead atoms. The van der Waals surface area contributed by atoms with Gasteiger partial charge in [0, 0.05) is 5.56 Å². The lowest BCUT2D eigenvalue weighted by atomic mass is 10.0. The fourth-order valence-electron chi connectivity index (χ4n) is 1.66. The summed E-state index contributed by atoms with van der Waals surface area (Å²) in [6.07, 6.45) is 0. The van der Waals surface area contributed by atoms with E-state index < -0.39 is 0 Å². The summed E-state index contributed by atoms with van der Waals surface area (Å²) in [6, 6.07) is 5.85. The monoisotopic (exact) mass is 234 g/mol. The molecule has 0 spiro atoms. The van der Waals surface area contributed by atoms with Crippen molar-refractivity contribution in [3.05, 3.63) is 34.5 Å². The van der Waals surface area contributed by atoms with Gasteiger partial charge < -0.3 is 9.47 Å². The maximum Gasteiger partial charge on any atom is 0.126 e. The molecule has 2 rings (SSSR count). The van der Waals surface area contributed by atoms with Crippen molar-refractivity contribution in [2.45, 2.75) is 6.92 Å². The number of ether oxygens (including phenoxy) is 2. The lowest BCUT2D eigenvalue weighted by Crippen LogP contribution is -1.90. The molecule has 16 heavy (non-hydrogen) atoms. The third-order valence-corrected chi connectivity index (χ3v) is 3.41. The molecule has 0 radical (unpaired) electrons. The Morgan fingerprint density at radius 3 is 2.38 bits per heavy atom. The summed E-state index contributed by atoms with van der Waals surface area (Å²) < 4.78 is 10.6. The number of rotatable bonds is 3. The molecule has 0 N–H and O–H groups in total. The molecule has 0 aliphatic rings. The molecule has 0 atom stereocenters. The topological polar surface area (TPSA) is 18.5 Å². The van der Waals surface area contributed by atoms with E-state index in [-0.39, 0.29) is 0 Å². The average molecular weight is 234 g/mol. The van der Waals surface area contributed by atoms with Gasteiger partial charge in [-0.05, 0) is 47.0 Å². The molecule has 0 aliphatic heterocycles. The van der Waals surface area contributed by atoms with Gasteiger partial charge in [0.1, 0.15) is 11.5 Å². The third kappa shape index (κ3) is 1.91. The summed E-state index contributed by atoms with van der Waals surface area (Å²) in [5.41, 5.74) is 3.55. The minimum Gasteiger partial charge on any atom is -0.497 e. The Kier molecular flexibility index (Phi) is 3.15. The Hall–Kier alpha value is -1.48. The van der Waals surface area contributed by atoms with Crippen LogP contribution in [0.5, 0.6) is 11.5 Å². The summed E-state index contributed by atoms with van der Waals surface area (Å²) in [6.45, 7) is 2.10. The van der Waals surface area contributed by atoms with Crippen molar-refractivity contribution in [1.29, 1.82) is 0 Å². The standard InChI is InChI=1S/C13H14O2S/c1-9-7-16-8-12(9)11-6-10(14-2)4-5-13(11)15-3/h4-8H,1-3H3. The Balaban J connectivity index is 2.57. The van der Waals surface area contributed by atoms with Gasteiger partial charge in [0.25, 0.3) is 0 Å². The molecule has 0 aliphatic carbocycles. The summed E-state index contributed by atoms with van der Waals surface area (Å²) >= 11 is 1.70. The van der Waals surface area contributed by atoms with Gasteiger partial charge in [-0.25, -0.2) is 0 Å². The van der Waals surface area contributed by atoms with Gasteiger partial charge in [0.15, 0.2) is 0 Å². The van der Waals surface area contributed by atoms with Crippen LogP contribution in [0.25, 0.3) is 11.1 Å². The van der Waals surface area contributed by atoms with Crippen molar-refractivity contribution in [3.8, 4) is 22.6 Å². The quantitative estimate of drug-likeness (QED) is 0.805. The molecule has 3 heteroatoms. The summed E-state index contributed by atoms with van der Waals surface area (Å²) in [7, 11) is 3.36. The highest BCUT2D eigenvalue weighted by Crippen LogP contribution is 2.36. The Bertz CT molecular complexity index is 488. The first-order chi connectivity index (χ1) is 7.76. The summed E-state index contributed by atoms with van der Waals surface area (Å²) in [5.74, 6) is 1.73. The number of methoxy groups -OCH3 is 2. The highest BCUT2D eigenvalue weighted by atomic mass is 32.1. The first-order valence-electron chi connectivity index (χ1n) is 5.01. The van der Waals surface area contributed by atoms with Crippen LogP contribution < -0.4 is 9.47 Å². The molecule has 84 valence electrons. The van der Waals surface area contributed by atoms with Crippen LogP contribution in [-0.2, 0) is 0 Å². The van der Waals surface area contributed by atoms with Crippen LogP contribution in [0.15, 0.2) is 29.0 Å². The van der Waals surface area contributed by atoms with Gasteiger partial charge in [-0.2, -0.15) is 11.3 Å². The Labute approximate surface area is 99.5 Å². The van der Waals surface area contributed by atoms with Crippen molar-refractivity contribution < 1.29 is 9.47 Å². The second kappa shape index (κ2) is 4.58. The van der Waals surface area contributed by atoms with E-state index in [4.69, 9.17) is 9.47 Å². The normalized spacial score (nSPS) is 10.2. The molecule has 1 aromatic carbocycles. The molecule has 0 saturated carbocycles. The van der Waals surface area contributed by atoms with Gasteiger partial charge in [0.05, 0.1) is 14.2 Å². The predicted molar refractivity (Wildman–Crippen MR) is 67.6 cm³/mol. The minimum atomic E-state index is 0.849. The van der Waals surface area contributed by atoms with Gasteiger partial charge in [-0.3, -0.25) is 0 Å². The predicted octanol–water partition coefficient (Wildman–Crippen LogP) is 3.74. The van der Waals surface area contributed by atoms with Crippen LogP contribution in [-0.4, -0.2) is 14.2 Å². The van der Waals surface area contributed by atoms with E-state index in [2.05, 4.69) is 17.7 Å². The Morgan fingerprint density at radius 1 is 1.00 bits per heavy atom. The van der Waals surface area contributed by atoms with E-state index in [0.717, 1.165) is 17.1 Å². The van der Waals surface area contributed by atoms with Gasteiger partial charge >= 0.3 is 0 Å². The molecule has 0 unspecified atom stereocenters. The highest BCUT2D eigenvalue weighted by Gasteiger charge is 2.10. The highest BCUT2D eigenvalue weighted by molar-refractivity contribution is 7.08. The first kappa shape index (κ1) is 11.0. The largest absolute Gasteiger partial charge is 0.497 e. The minimum absolute atomic E-state index is 0.849. The molecule has 0 saturated heterocycles. The molecule has 0 amide bonds. The number of thiophene rings is 1. The fourth-order valence-corrected chi connectivity index (χ4v) is 2.51. The van der Waals surface area contributed by atoms with E-state index >= 15 is 0 Å². The van der Waals surface area contributed by atoms with E-state index in [1.54, 1.807) is 25.6 Å². The molecule has 1 aromatic heterocycles. The van der Waals surface area contributed by atoms with Crippen LogP contribution in [0, 0.1) is 6.92 Å². The van der Waals surface area contributed by atoms with Crippen molar-refractivity contribution in [2.75, 3.05) is 14.2 Å². The summed E-state index contributed by atoms with van der Waals surface area (Å²) in [5, 5.41) is 4.26.